The van der Waals surface area contributed by atoms with Crippen molar-refractivity contribution in [2.24, 2.45) is 0 Å². The van der Waals surface area contributed by atoms with Gasteiger partial charge in [-0.3, -0.25) is 4.79 Å². The zero-order valence-corrected chi connectivity index (χ0v) is 9.91. The fourth-order valence-electron chi connectivity index (χ4n) is 1.45. The number of aromatic nitrogens is 2. The summed E-state index contributed by atoms with van der Waals surface area (Å²) in [6, 6.07) is 5.57. The van der Waals surface area contributed by atoms with Crippen molar-refractivity contribution >= 4 is 32.7 Å². The maximum atomic E-state index is 11.3. The number of hydrogen-bond donors (Lipinski definition) is 0. The molecule has 78 valence electrons. The Bertz CT molecular complexity index is 533. The first-order chi connectivity index (χ1) is 7.13. The summed E-state index contributed by atoms with van der Waals surface area (Å²) >= 11 is 3.36. The molecular weight excluding hydrogens is 260 g/mol. The third-order valence-electron chi connectivity index (χ3n) is 2.10. The van der Waals surface area contributed by atoms with Crippen LogP contribution in [0.3, 0.4) is 0 Å². The fraction of sp³-hybridized carbons (Fsp3) is 0.200. The van der Waals surface area contributed by atoms with Crippen LogP contribution >= 0.6 is 15.9 Å². The van der Waals surface area contributed by atoms with Gasteiger partial charge < -0.3 is 4.74 Å². The average Bonchev–Trinajstić information content (AvgIpc) is 2.55. The molecule has 0 fully saturated rings. The van der Waals surface area contributed by atoms with Crippen LogP contribution in [-0.4, -0.2) is 22.8 Å². The first kappa shape index (κ1) is 10.2. The van der Waals surface area contributed by atoms with E-state index in [1.165, 1.54) is 18.7 Å². The third kappa shape index (κ3) is 1.63. The summed E-state index contributed by atoms with van der Waals surface area (Å²) in [5, 5.41) is 4.89. The largest absolute Gasteiger partial charge is 0.479 e. The van der Waals surface area contributed by atoms with E-state index in [1.807, 2.05) is 18.2 Å². The monoisotopic (exact) mass is 268 g/mol. The molecule has 0 radical (unpaired) electrons. The fourth-order valence-corrected chi connectivity index (χ4v) is 1.81. The molecule has 0 aliphatic rings. The van der Waals surface area contributed by atoms with Crippen LogP contribution in [0.1, 0.15) is 11.7 Å². The molecule has 1 aromatic heterocycles. The van der Waals surface area contributed by atoms with Crippen molar-refractivity contribution in [1.29, 1.82) is 0 Å². The second kappa shape index (κ2) is 3.66. The van der Waals surface area contributed by atoms with Crippen LogP contribution in [0, 0.1) is 0 Å². The average molecular weight is 269 g/mol. The first-order valence-corrected chi connectivity index (χ1v) is 5.16. The number of hydrogen-bond acceptors (Lipinski definition) is 3. The van der Waals surface area contributed by atoms with Gasteiger partial charge in [0.2, 0.25) is 11.8 Å². The lowest BCUT2D eigenvalue weighted by molar-refractivity contribution is 0.0925. The molecule has 0 aliphatic carbocycles. The Morgan fingerprint density at radius 1 is 1.53 bits per heavy atom. The minimum Gasteiger partial charge on any atom is -0.479 e. The van der Waals surface area contributed by atoms with Gasteiger partial charge in [0.05, 0.1) is 18.0 Å². The Kier molecular flexibility index (Phi) is 2.48. The molecule has 2 aromatic rings. The Labute approximate surface area is 95.0 Å². The molecule has 15 heavy (non-hydrogen) atoms. The van der Waals surface area contributed by atoms with Crippen LogP contribution < -0.4 is 4.74 Å². The molecule has 0 atom stereocenters. The second-order valence-corrected chi connectivity index (χ2v) is 4.02. The molecule has 0 amide bonds. The van der Waals surface area contributed by atoms with Gasteiger partial charge in [-0.2, -0.15) is 4.68 Å². The molecule has 0 N–H and O–H groups in total. The number of halogens is 1. The van der Waals surface area contributed by atoms with E-state index in [-0.39, 0.29) is 5.91 Å². The zero-order valence-electron chi connectivity index (χ0n) is 8.32. The Morgan fingerprint density at radius 2 is 2.27 bits per heavy atom. The maximum Gasteiger partial charge on any atom is 0.244 e. The summed E-state index contributed by atoms with van der Waals surface area (Å²) < 4.78 is 7.37. The summed E-state index contributed by atoms with van der Waals surface area (Å²) in [5.41, 5.74) is 0.752. The topological polar surface area (TPSA) is 44.1 Å². The van der Waals surface area contributed by atoms with Gasteiger partial charge in [0.25, 0.3) is 0 Å². The lowest BCUT2D eigenvalue weighted by atomic mass is 10.2. The van der Waals surface area contributed by atoms with Crippen molar-refractivity contribution in [3.8, 4) is 5.88 Å². The molecule has 0 saturated carbocycles. The van der Waals surface area contributed by atoms with Crippen molar-refractivity contribution in [1.82, 2.24) is 9.78 Å². The van der Waals surface area contributed by atoms with Gasteiger partial charge in [0.15, 0.2) is 0 Å². The van der Waals surface area contributed by atoms with Crippen LogP contribution in [0.15, 0.2) is 22.7 Å². The van der Waals surface area contributed by atoms with E-state index in [1.54, 1.807) is 0 Å². The van der Waals surface area contributed by atoms with E-state index in [0.29, 0.717) is 5.88 Å². The molecule has 5 heteroatoms. The van der Waals surface area contributed by atoms with E-state index < -0.39 is 0 Å². The van der Waals surface area contributed by atoms with Crippen LogP contribution in [0.5, 0.6) is 5.88 Å². The first-order valence-electron chi connectivity index (χ1n) is 4.36. The van der Waals surface area contributed by atoms with Gasteiger partial charge in [-0.15, -0.1) is 5.10 Å². The second-order valence-electron chi connectivity index (χ2n) is 3.10. The van der Waals surface area contributed by atoms with E-state index in [0.717, 1.165) is 15.4 Å². The van der Waals surface area contributed by atoms with E-state index in [9.17, 15) is 4.79 Å². The van der Waals surface area contributed by atoms with Gasteiger partial charge in [0, 0.05) is 11.4 Å². The van der Waals surface area contributed by atoms with Crippen LogP contribution in [0.25, 0.3) is 10.9 Å². The van der Waals surface area contributed by atoms with Gasteiger partial charge in [0.1, 0.15) is 0 Å². The minimum atomic E-state index is -0.134. The predicted molar refractivity (Wildman–Crippen MR) is 60.3 cm³/mol. The van der Waals surface area contributed by atoms with Crippen molar-refractivity contribution in [2.75, 3.05) is 7.11 Å². The van der Waals surface area contributed by atoms with Crippen molar-refractivity contribution < 1.29 is 9.53 Å². The number of carbonyl (C=O) groups is 1. The molecule has 0 saturated heterocycles. The Morgan fingerprint density at radius 3 is 2.87 bits per heavy atom. The molecule has 0 aliphatic heterocycles. The maximum absolute atomic E-state index is 11.3. The third-order valence-corrected chi connectivity index (χ3v) is 2.59. The summed E-state index contributed by atoms with van der Waals surface area (Å²) in [4.78, 5) is 11.3. The number of benzene rings is 1. The molecule has 0 bridgehead atoms. The minimum absolute atomic E-state index is 0.134. The molecule has 0 unspecified atom stereocenters. The molecular formula is C10H9BrN2O2. The number of nitrogens with zero attached hydrogens (tertiary/aromatic N) is 2. The zero-order chi connectivity index (χ0) is 11.0. The number of carbonyl (C=O) groups excluding carboxylic acids is 1. The quantitative estimate of drug-likeness (QED) is 0.798. The van der Waals surface area contributed by atoms with E-state index in [2.05, 4.69) is 21.0 Å². The number of methoxy groups -OCH3 is 1. The van der Waals surface area contributed by atoms with Gasteiger partial charge in [-0.1, -0.05) is 15.9 Å². The SMILES string of the molecule is COc1nn(C(C)=O)c2ccc(Br)cc12. The molecule has 0 spiro atoms. The van der Waals surface area contributed by atoms with Crippen LogP contribution in [0.4, 0.5) is 0 Å². The lowest BCUT2D eigenvalue weighted by Gasteiger charge is -1.95. The summed E-state index contributed by atoms with van der Waals surface area (Å²) in [5.74, 6) is 0.326. The molecule has 1 heterocycles. The Hall–Kier alpha value is -1.36. The molecule has 1 aromatic carbocycles. The van der Waals surface area contributed by atoms with Crippen molar-refractivity contribution in [3.63, 3.8) is 0 Å². The summed E-state index contributed by atoms with van der Waals surface area (Å²) in [6.07, 6.45) is 0. The number of rotatable bonds is 1. The molecule has 2 rings (SSSR count). The highest BCUT2D eigenvalue weighted by atomic mass is 79.9. The summed E-state index contributed by atoms with van der Waals surface area (Å²) in [7, 11) is 1.53. The van der Waals surface area contributed by atoms with Crippen molar-refractivity contribution in [2.45, 2.75) is 6.92 Å². The number of ether oxygens (including phenoxy) is 1. The van der Waals surface area contributed by atoms with Crippen LogP contribution in [0.2, 0.25) is 0 Å². The summed E-state index contributed by atoms with van der Waals surface area (Å²) in [6.45, 7) is 1.47. The van der Waals surface area contributed by atoms with Crippen LogP contribution in [-0.2, 0) is 0 Å². The van der Waals surface area contributed by atoms with E-state index >= 15 is 0 Å². The van der Waals surface area contributed by atoms with E-state index in [4.69, 9.17) is 4.74 Å². The molecule has 4 nitrogen and oxygen atoms in total. The predicted octanol–water partition coefficient (Wildman–Crippen LogP) is 2.47. The smallest absolute Gasteiger partial charge is 0.244 e. The highest BCUT2D eigenvalue weighted by Crippen LogP contribution is 2.27. The number of fused-ring (bicyclic) bond motifs is 1. The van der Waals surface area contributed by atoms with Crippen molar-refractivity contribution in [3.05, 3.63) is 22.7 Å². The normalized spacial score (nSPS) is 10.6. The lowest BCUT2D eigenvalue weighted by Crippen LogP contribution is -2.06. The van der Waals surface area contributed by atoms with Gasteiger partial charge >= 0.3 is 0 Å². The highest BCUT2D eigenvalue weighted by molar-refractivity contribution is 9.10. The van der Waals surface area contributed by atoms with Gasteiger partial charge in [-0.05, 0) is 18.2 Å². The standard InChI is InChI=1S/C10H9BrN2O2/c1-6(14)13-9-4-3-7(11)5-8(9)10(12-13)15-2/h3-5H,1-2H3. The Balaban J connectivity index is 2.81. The van der Waals surface area contributed by atoms with Gasteiger partial charge in [-0.25, -0.2) is 0 Å². The highest BCUT2D eigenvalue weighted by Gasteiger charge is 2.13.